The Bertz CT molecular complexity index is 994. The number of methoxy groups -OCH3 is 2. The number of halogens is 1. The molecule has 0 aromatic heterocycles. The van der Waals surface area contributed by atoms with Gasteiger partial charge in [-0.15, -0.1) is 0 Å². The molecule has 0 bridgehead atoms. The maximum absolute atomic E-state index is 12.6. The Kier molecular flexibility index (Phi) is 5.96. The van der Waals surface area contributed by atoms with Crippen LogP contribution in [0.25, 0.3) is 0 Å². The first-order valence-corrected chi connectivity index (χ1v) is 8.74. The molecule has 0 aliphatic carbocycles. The van der Waals surface area contributed by atoms with Crippen LogP contribution in [0.4, 0.5) is 0 Å². The number of ketones is 1. The van der Waals surface area contributed by atoms with Gasteiger partial charge in [0, 0.05) is 11.1 Å². The molecule has 3 rings (SSSR count). The molecule has 0 spiro atoms. The normalized spacial score (nSPS) is 10.2. The van der Waals surface area contributed by atoms with E-state index in [1.54, 1.807) is 68.8 Å². The van der Waals surface area contributed by atoms with Crippen molar-refractivity contribution in [1.29, 1.82) is 0 Å². The Morgan fingerprint density at radius 3 is 1.71 bits per heavy atom. The first kappa shape index (κ1) is 19.5. The van der Waals surface area contributed by atoms with Crippen molar-refractivity contribution in [2.75, 3.05) is 14.2 Å². The monoisotopic (exact) mass is 396 g/mol. The number of carbonyl (C=O) groups is 2. The van der Waals surface area contributed by atoms with Crippen LogP contribution in [0, 0.1) is 0 Å². The molecule has 0 aliphatic rings. The van der Waals surface area contributed by atoms with Gasteiger partial charge < -0.3 is 14.2 Å². The van der Waals surface area contributed by atoms with Crippen LogP contribution in [0.15, 0.2) is 66.7 Å². The van der Waals surface area contributed by atoms with E-state index in [1.807, 2.05) is 0 Å². The van der Waals surface area contributed by atoms with E-state index in [2.05, 4.69) is 0 Å². The number of esters is 1. The van der Waals surface area contributed by atoms with Gasteiger partial charge in [-0.3, -0.25) is 4.79 Å². The SMILES string of the molecule is COc1ccc(C(=O)Oc2ccc(C(=O)c3ccc(OC)cc3)cc2Cl)cc1. The summed E-state index contributed by atoms with van der Waals surface area (Å²) in [7, 11) is 3.10. The lowest BCUT2D eigenvalue weighted by Crippen LogP contribution is -2.09. The number of hydrogen-bond donors (Lipinski definition) is 0. The zero-order chi connectivity index (χ0) is 20.1. The van der Waals surface area contributed by atoms with Crippen LogP contribution >= 0.6 is 11.6 Å². The van der Waals surface area contributed by atoms with E-state index in [4.69, 9.17) is 25.8 Å². The molecule has 0 N–H and O–H groups in total. The zero-order valence-electron chi connectivity index (χ0n) is 15.3. The van der Waals surface area contributed by atoms with Crippen molar-refractivity contribution >= 4 is 23.4 Å². The van der Waals surface area contributed by atoms with Gasteiger partial charge in [0.25, 0.3) is 0 Å². The van der Waals surface area contributed by atoms with Crippen molar-refractivity contribution in [1.82, 2.24) is 0 Å². The average Bonchev–Trinajstić information content (AvgIpc) is 2.74. The van der Waals surface area contributed by atoms with Gasteiger partial charge in [0.05, 0.1) is 24.8 Å². The number of rotatable bonds is 6. The smallest absolute Gasteiger partial charge is 0.343 e. The summed E-state index contributed by atoms with van der Waals surface area (Å²) >= 11 is 6.22. The van der Waals surface area contributed by atoms with Gasteiger partial charge in [0.1, 0.15) is 17.2 Å². The van der Waals surface area contributed by atoms with Crippen molar-refractivity contribution in [3.05, 3.63) is 88.4 Å². The standard InChI is InChI=1S/C22H17ClO5/c1-26-17-8-3-14(4-9-17)21(24)16-7-12-20(19(23)13-16)28-22(25)15-5-10-18(27-2)11-6-15/h3-13H,1-2H3. The number of hydrogen-bond acceptors (Lipinski definition) is 5. The van der Waals surface area contributed by atoms with Gasteiger partial charge in [-0.1, -0.05) is 11.6 Å². The van der Waals surface area contributed by atoms with E-state index in [-0.39, 0.29) is 16.6 Å². The molecule has 5 nitrogen and oxygen atoms in total. The fraction of sp³-hybridized carbons (Fsp3) is 0.0909. The molecule has 142 valence electrons. The highest BCUT2D eigenvalue weighted by atomic mass is 35.5. The van der Waals surface area contributed by atoms with Crippen LogP contribution in [0.1, 0.15) is 26.3 Å². The summed E-state index contributed by atoms with van der Waals surface area (Å²) < 4.78 is 15.5. The maximum atomic E-state index is 12.6. The molecule has 0 fully saturated rings. The van der Waals surface area contributed by atoms with E-state index < -0.39 is 5.97 Å². The Morgan fingerprint density at radius 1 is 0.714 bits per heavy atom. The zero-order valence-corrected chi connectivity index (χ0v) is 16.0. The first-order chi connectivity index (χ1) is 13.5. The maximum Gasteiger partial charge on any atom is 0.343 e. The molecule has 6 heteroatoms. The molecule has 0 radical (unpaired) electrons. The second kappa shape index (κ2) is 8.59. The Hall–Kier alpha value is -3.31. The van der Waals surface area contributed by atoms with E-state index >= 15 is 0 Å². The largest absolute Gasteiger partial charge is 0.497 e. The minimum atomic E-state index is -0.557. The van der Waals surface area contributed by atoms with Crippen LogP contribution < -0.4 is 14.2 Å². The molecule has 28 heavy (non-hydrogen) atoms. The highest BCUT2D eigenvalue weighted by molar-refractivity contribution is 6.32. The van der Waals surface area contributed by atoms with Crippen LogP contribution in [0.5, 0.6) is 17.2 Å². The third kappa shape index (κ3) is 4.32. The van der Waals surface area contributed by atoms with Crippen LogP contribution in [-0.2, 0) is 0 Å². The lowest BCUT2D eigenvalue weighted by Gasteiger charge is -2.09. The summed E-state index contributed by atoms with van der Waals surface area (Å²) in [5, 5.41) is 0.168. The van der Waals surface area contributed by atoms with Crippen molar-refractivity contribution in [2.45, 2.75) is 0 Å². The van der Waals surface area contributed by atoms with Crippen molar-refractivity contribution in [3.8, 4) is 17.2 Å². The molecule has 0 amide bonds. The molecule has 3 aromatic rings. The minimum absolute atomic E-state index is 0.168. The lowest BCUT2D eigenvalue weighted by atomic mass is 10.0. The second-order valence-corrected chi connectivity index (χ2v) is 6.23. The van der Waals surface area contributed by atoms with Gasteiger partial charge in [-0.2, -0.15) is 0 Å². The minimum Gasteiger partial charge on any atom is -0.497 e. The molecule has 0 atom stereocenters. The Morgan fingerprint density at radius 2 is 1.21 bits per heavy atom. The van der Waals surface area contributed by atoms with Gasteiger partial charge >= 0.3 is 5.97 Å². The number of benzene rings is 3. The van der Waals surface area contributed by atoms with Gasteiger partial charge in [-0.05, 0) is 66.7 Å². The third-order valence-electron chi connectivity index (χ3n) is 4.07. The molecule has 0 saturated carbocycles. The van der Waals surface area contributed by atoms with E-state index in [9.17, 15) is 9.59 Å². The van der Waals surface area contributed by atoms with Gasteiger partial charge in [-0.25, -0.2) is 4.79 Å². The first-order valence-electron chi connectivity index (χ1n) is 8.36. The Labute approximate surface area is 167 Å². The van der Waals surface area contributed by atoms with Crippen LogP contribution in [-0.4, -0.2) is 26.0 Å². The molecule has 0 saturated heterocycles. The third-order valence-corrected chi connectivity index (χ3v) is 4.37. The number of ether oxygens (including phenoxy) is 3. The van der Waals surface area contributed by atoms with Crippen molar-refractivity contribution < 1.29 is 23.8 Å². The molecular weight excluding hydrogens is 380 g/mol. The molecule has 3 aromatic carbocycles. The average molecular weight is 397 g/mol. The van der Waals surface area contributed by atoms with Crippen LogP contribution in [0.3, 0.4) is 0 Å². The fourth-order valence-corrected chi connectivity index (χ4v) is 2.74. The highest BCUT2D eigenvalue weighted by Crippen LogP contribution is 2.28. The van der Waals surface area contributed by atoms with Crippen molar-refractivity contribution in [2.24, 2.45) is 0 Å². The topological polar surface area (TPSA) is 61.8 Å². The predicted octanol–water partition coefficient (Wildman–Crippen LogP) is 4.81. The van der Waals surface area contributed by atoms with Gasteiger partial charge in [0.2, 0.25) is 0 Å². The highest BCUT2D eigenvalue weighted by Gasteiger charge is 2.15. The van der Waals surface area contributed by atoms with Crippen LogP contribution in [0.2, 0.25) is 5.02 Å². The summed E-state index contributed by atoms with van der Waals surface area (Å²) in [6.45, 7) is 0. The Balaban J connectivity index is 1.75. The second-order valence-electron chi connectivity index (χ2n) is 5.82. The summed E-state index contributed by atoms with van der Waals surface area (Å²) in [4.78, 5) is 24.9. The number of carbonyl (C=O) groups excluding carboxylic acids is 2. The van der Waals surface area contributed by atoms with Gasteiger partial charge in [0.15, 0.2) is 5.78 Å². The van der Waals surface area contributed by atoms with Crippen molar-refractivity contribution in [3.63, 3.8) is 0 Å². The summed E-state index contributed by atoms with van der Waals surface area (Å²) in [6.07, 6.45) is 0. The molecule has 0 aliphatic heterocycles. The van der Waals surface area contributed by atoms with E-state index in [1.165, 1.54) is 12.1 Å². The lowest BCUT2D eigenvalue weighted by molar-refractivity contribution is 0.0735. The molecule has 0 unspecified atom stereocenters. The molecular formula is C22H17ClO5. The van der Waals surface area contributed by atoms with E-state index in [0.717, 1.165) is 0 Å². The fourth-order valence-electron chi connectivity index (χ4n) is 2.52. The summed E-state index contributed by atoms with van der Waals surface area (Å²) in [5.41, 5.74) is 1.24. The quantitative estimate of drug-likeness (QED) is 0.340. The molecule has 0 heterocycles. The summed E-state index contributed by atoms with van der Waals surface area (Å²) in [5.74, 6) is 0.719. The van der Waals surface area contributed by atoms with E-state index in [0.29, 0.717) is 28.2 Å². The predicted molar refractivity (Wildman–Crippen MR) is 106 cm³/mol. The summed E-state index contributed by atoms with van der Waals surface area (Å²) in [6, 6.07) is 17.8.